The van der Waals surface area contributed by atoms with Crippen molar-refractivity contribution in [3.8, 4) is 23.5 Å². The van der Waals surface area contributed by atoms with Gasteiger partial charge >= 0.3 is 5.97 Å². The lowest BCUT2D eigenvalue weighted by molar-refractivity contribution is 0.0594. The lowest BCUT2D eigenvalue weighted by atomic mass is 10.0. The number of benzene rings is 1. The molecule has 2 aromatic rings. The molecule has 0 aliphatic rings. The first kappa shape index (κ1) is 13.1. The molecule has 0 fully saturated rings. The van der Waals surface area contributed by atoms with E-state index in [-0.39, 0.29) is 10.8 Å². The Balaban J connectivity index is 2.60. The van der Waals surface area contributed by atoms with Crippen LogP contribution in [-0.2, 0) is 4.74 Å². The maximum Gasteiger partial charge on any atom is 0.356 e. The lowest BCUT2D eigenvalue weighted by Crippen LogP contribution is -2.04. The molecule has 1 aromatic heterocycles. The van der Waals surface area contributed by atoms with Crippen molar-refractivity contribution in [2.24, 2.45) is 0 Å². The number of aromatic nitrogens is 1. The number of halogens is 1. The first-order valence-electron chi connectivity index (χ1n) is 5.47. The zero-order valence-corrected chi connectivity index (χ0v) is 10.9. The number of ether oxygens (including phenoxy) is 1. The smallest absolute Gasteiger partial charge is 0.356 e. The van der Waals surface area contributed by atoms with Gasteiger partial charge in [0.1, 0.15) is 5.15 Å². The molecule has 3 nitrogen and oxygen atoms in total. The molecule has 0 saturated heterocycles. The summed E-state index contributed by atoms with van der Waals surface area (Å²) in [7, 11) is 1.29. The molecular formula is C15H10ClNO2. The number of carbonyl (C=O) groups excluding carboxylic acids is 1. The predicted molar refractivity (Wildman–Crippen MR) is 74.0 cm³/mol. The molecule has 0 atom stereocenters. The Labute approximate surface area is 116 Å². The maximum atomic E-state index is 11.5. The fourth-order valence-corrected chi connectivity index (χ4v) is 1.93. The molecule has 0 bridgehead atoms. The van der Waals surface area contributed by atoms with Gasteiger partial charge in [0.25, 0.3) is 0 Å². The van der Waals surface area contributed by atoms with Crippen molar-refractivity contribution in [2.75, 3.05) is 7.11 Å². The number of terminal acetylenes is 1. The summed E-state index contributed by atoms with van der Waals surface area (Å²) in [6.07, 6.45) is 5.46. The molecular weight excluding hydrogens is 262 g/mol. The lowest BCUT2D eigenvalue weighted by Gasteiger charge is -2.07. The Morgan fingerprint density at radius 3 is 2.79 bits per heavy atom. The third kappa shape index (κ3) is 2.75. The summed E-state index contributed by atoms with van der Waals surface area (Å²) in [5, 5.41) is 0.213. The number of esters is 1. The third-order valence-electron chi connectivity index (χ3n) is 2.58. The Morgan fingerprint density at radius 2 is 2.11 bits per heavy atom. The number of methoxy groups -OCH3 is 1. The third-order valence-corrected chi connectivity index (χ3v) is 2.78. The van der Waals surface area contributed by atoms with Gasteiger partial charge in [-0.1, -0.05) is 35.7 Å². The molecule has 19 heavy (non-hydrogen) atoms. The molecule has 0 spiro atoms. The molecule has 0 saturated carbocycles. The highest BCUT2D eigenvalue weighted by atomic mass is 35.5. The average molecular weight is 272 g/mol. The van der Waals surface area contributed by atoms with Gasteiger partial charge in [-0.3, -0.25) is 0 Å². The van der Waals surface area contributed by atoms with E-state index in [2.05, 4.69) is 15.6 Å². The van der Waals surface area contributed by atoms with Gasteiger partial charge in [-0.05, 0) is 29.3 Å². The van der Waals surface area contributed by atoms with Crippen molar-refractivity contribution in [2.45, 2.75) is 0 Å². The highest BCUT2D eigenvalue weighted by Crippen LogP contribution is 2.26. The summed E-state index contributed by atoms with van der Waals surface area (Å²) < 4.78 is 4.64. The van der Waals surface area contributed by atoms with Crippen LogP contribution >= 0.6 is 11.6 Å². The van der Waals surface area contributed by atoms with E-state index in [1.807, 2.05) is 24.3 Å². The molecule has 94 valence electrons. The van der Waals surface area contributed by atoms with E-state index in [0.29, 0.717) is 0 Å². The van der Waals surface area contributed by atoms with Gasteiger partial charge in [0.15, 0.2) is 5.69 Å². The first-order chi connectivity index (χ1) is 9.15. The molecule has 0 radical (unpaired) electrons. The minimum Gasteiger partial charge on any atom is -0.464 e. The fraction of sp³-hybridized carbons (Fsp3) is 0.0667. The number of hydrogen-bond acceptors (Lipinski definition) is 3. The van der Waals surface area contributed by atoms with E-state index in [1.165, 1.54) is 7.11 Å². The molecule has 0 unspecified atom stereocenters. The van der Waals surface area contributed by atoms with Gasteiger partial charge in [0, 0.05) is 5.56 Å². The zero-order chi connectivity index (χ0) is 13.8. The van der Waals surface area contributed by atoms with Crippen LogP contribution in [0.25, 0.3) is 11.1 Å². The number of rotatable bonds is 2. The second-order valence-corrected chi connectivity index (χ2v) is 4.13. The number of nitrogens with zero attached hydrogens (tertiary/aromatic N) is 1. The van der Waals surface area contributed by atoms with Crippen molar-refractivity contribution >= 4 is 17.6 Å². The average Bonchev–Trinajstić information content (AvgIpc) is 2.45. The summed E-state index contributed by atoms with van der Waals surface area (Å²) in [5.41, 5.74) is 2.42. The van der Waals surface area contributed by atoms with E-state index >= 15 is 0 Å². The Hall–Kier alpha value is -2.31. The van der Waals surface area contributed by atoms with Crippen molar-refractivity contribution in [1.29, 1.82) is 0 Å². The Bertz CT molecular complexity index is 674. The van der Waals surface area contributed by atoms with Crippen LogP contribution in [0.1, 0.15) is 16.1 Å². The number of pyridine rings is 1. The van der Waals surface area contributed by atoms with Crippen LogP contribution in [0, 0.1) is 12.3 Å². The van der Waals surface area contributed by atoms with E-state index < -0.39 is 5.97 Å². The molecule has 1 aromatic carbocycles. The van der Waals surface area contributed by atoms with Crippen LogP contribution in [0.15, 0.2) is 36.4 Å². The van der Waals surface area contributed by atoms with Crippen LogP contribution in [0.2, 0.25) is 5.15 Å². The van der Waals surface area contributed by atoms with Crippen molar-refractivity contribution in [3.05, 3.63) is 52.8 Å². The van der Waals surface area contributed by atoms with Gasteiger partial charge in [0.2, 0.25) is 0 Å². The van der Waals surface area contributed by atoms with Gasteiger partial charge in [-0.2, -0.15) is 0 Å². The van der Waals surface area contributed by atoms with Crippen LogP contribution in [-0.4, -0.2) is 18.1 Å². The first-order valence-corrected chi connectivity index (χ1v) is 5.85. The summed E-state index contributed by atoms with van der Waals surface area (Å²) in [6.45, 7) is 0. The summed E-state index contributed by atoms with van der Waals surface area (Å²) in [6, 6.07) is 10.7. The Morgan fingerprint density at radius 1 is 1.37 bits per heavy atom. The highest BCUT2D eigenvalue weighted by molar-refractivity contribution is 6.29. The van der Waals surface area contributed by atoms with Crippen LogP contribution in [0.5, 0.6) is 0 Å². The molecule has 0 aliphatic heterocycles. The monoisotopic (exact) mass is 271 g/mol. The molecule has 4 heteroatoms. The van der Waals surface area contributed by atoms with Crippen LogP contribution in [0.4, 0.5) is 0 Å². The van der Waals surface area contributed by atoms with E-state index in [1.54, 1.807) is 12.1 Å². The number of hydrogen-bond donors (Lipinski definition) is 0. The summed E-state index contributed by atoms with van der Waals surface area (Å²) in [4.78, 5) is 15.4. The van der Waals surface area contributed by atoms with Crippen LogP contribution < -0.4 is 0 Å². The van der Waals surface area contributed by atoms with E-state index in [0.717, 1.165) is 16.7 Å². The van der Waals surface area contributed by atoms with Gasteiger partial charge in [-0.25, -0.2) is 9.78 Å². The standard InChI is InChI=1S/C15H10ClNO2/c1-3-10-6-4-5-7-12(10)11-8-13(15(18)19-2)17-14(16)9-11/h1,4-9H,2H3. The van der Waals surface area contributed by atoms with Crippen molar-refractivity contribution < 1.29 is 9.53 Å². The normalized spacial score (nSPS) is 9.74. The molecule has 0 N–H and O–H groups in total. The van der Waals surface area contributed by atoms with Gasteiger partial charge < -0.3 is 4.74 Å². The van der Waals surface area contributed by atoms with Gasteiger partial charge in [-0.15, -0.1) is 6.42 Å². The largest absolute Gasteiger partial charge is 0.464 e. The minimum atomic E-state index is -0.540. The Kier molecular flexibility index (Phi) is 3.84. The van der Waals surface area contributed by atoms with E-state index in [4.69, 9.17) is 18.0 Å². The molecule has 0 aliphatic carbocycles. The minimum absolute atomic E-state index is 0.150. The summed E-state index contributed by atoms with van der Waals surface area (Å²) >= 11 is 5.93. The molecule has 2 rings (SSSR count). The topological polar surface area (TPSA) is 39.2 Å². The predicted octanol–water partition coefficient (Wildman–Crippen LogP) is 3.17. The summed E-state index contributed by atoms with van der Waals surface area (Å²) in [5.74, 6) is 2.06. The molecule has 1 heterocycles. The second kappa shape index (κ2) is 5.55. The zero-order valence-electron chi connectivity index (χ0n) is 10.2. The quantitative estimate of drug-likeness (QED) is 0.478. The van der Waals surface area contributed by atoms with Crippen molar-refractivity contribution in [3.63, 3.8) is 0 Å². The second-order valence-electron chi connectivity index (χ2n) is 3.75. The fourth-order valence-electron chi connectivity index (χ4n) is 1.72. The van der Waals surface area contributed by atoms with E-state index in [9.17, 15) is 4.79 Å². The number of carbonyl (C=O) groups is 1. The molecule has 0 amide bonds. The SMILES string of the molecule is C#Cc1ccccc1-c1cc(Cl)nc(C(=O)OC)c1. The maximum absolute atomic E-state index is 11.5. The van der Waals surface area contributed by atoms with Crippen LogP contribution in [0.3, 0.4) is 0 Å². The van der Waals surface area contributed by atoms with Gasteiger partial charge in [0.05, 0.1) is 7.11 Å². The van der Waals surface area contributed by atoms with Crippen molar-refractivity contribution in [1.82, 2.24) is 4.98 Å². The highest BCUT2D eigenvalue weighted by Gasteiger charge is 2.12.